The van der Waals surface area contributed by atoms with E-state index >= 15 is 0 Å². The lowest BCUT2D eigenvalue weighted by molar-refractivity contribution is -0.137. The van der Waals surface area contributed by atoms with Gasteiger partial charge in [-0.3, -0.25) is 14.5 Å². The number of carbonyl (C=O) groups is 2. The number of likely N-dealkylation sites (N-methyl/N-ethyl adjacent to an activating group) is 1. The third-order valence-corrected chi connectivity index (χ3v) is 4.07. The smallest absolute Gasteiger partial charge is 0.246 e. The maximum absolute atomic E-state index is 11.9. The Morgan fingerprint density at radius 2 is 2.15 bits per heavy atom. The van der Waals surface area contributed by atoms with Crippen molar-refractivity contribution >= 4 is 11.8 Å². The molecule has 2 unspecified atom stereocenters. The number of hydrogen-bond donors (Lipinski definition) is 1. The number of nitrogens with zero attached hydrogens (tertiary/aromatic N) is 1. The molecular weight excluding hydrogens is 256 g/mol. The molecule has 0 spiro atoms. The molecule has 0 aliphatic carbocycles. The summed E-state index contributed by atoms with van der Waals surface area (Å²) in [5, 5.41) is 3.24. The van der Waals surface area contributed by atoms with Gasteiger partial charge in [0.1, 0.15) is 5.75 Å². The second-order valence-corrected chi connectivity index (χ2v) is 5.33. The summed E-state index contributed by atoms with van der Waals surface area (Å²) >= 11 is 0. The molecule has 0 saturated carbocycles. The Labute approximate surface area is 117 Å². The van der Waals surface area contributed by atoms with Crippen LogP contribution >= 0.6 is 0 Å². The van der Waals surface area contributed by atoms with Crippen LogP contribution in [0.5, 0.6) is 5.75 Å². The molecular formula is C15H18N2O3. The van der Waals surface area contributed by atoms with Gasteiger partial charge in [-0.05, 0) is 18.1 Å². The summed E-state index contributed by atoms with van der Waals surface area (Å²) in [4.78, 5) is 24.5. The van der Waals surface area contributed by atoms with Gasteiger partial charge in [0, 0.05) is 19.5 Å². The summed E-state index contributed by atoms with van der Waals surface area (Å²) in [6, 6.07) is 7.62. The topological polar surface area (TPSA) is 58.6 Å². The highest BCUT2D eigenvalue weighted by Crippen LogP contribution is 2.32. The first-order chi connectivity index (χ1) is 9.66. The van der Waals surface area contributed by atoms with Gasteiger partial charge in [-0.2, -0.15) is 0 Å². The molecule has 1 N–H and O–H groups in total. The Morgan fingerprint density at radius 1 is 1.35 bits per heavy atom. The first-order valence-electron chi connectivity index (χ1n) is 6.92. The number of nitrogens with one attached hydrogen (secondary N) is 1. The molecule has 0 radical (unpaired) electrons. The summed E-state index contributed by atoms with van der Waals surface area (Å²) in [5.41, 5.74) is 1.18. The predicted molar refractivity (Wildman–Crippen MR) is 73.5 cm³/mol. The Balaban J connectivity index is 1.66. The number of rotatable bonds is 3. The molecule has 2 heterocycles. The fourth-order valence-electron chi connectivity index (χ4n) is 2.83. The number of hydrogen-bond acceptors (Lipinski definition) is 4. The van der Waals surface area contributed by atoms with Crippen LogP contribution in [0.2, 0.25) is 0 Å². The van der Waals surface area contributed by atoms with E-state index < -0.39 is 0 Å². The van der Waals surface area contributed by atoms with E-state index in [0.717, 1.165) is 12.2 Å². The zero-order valence-corrected chi connectivity index (χ0v) is 11.5. The molecule has 0 aromatic heterocycles. The van der Waals surface area contributed by atoms with Gasteiger partial charge < -0.3 is 10.1 Å². The average Bonchev–Trinajstić information content (AvgIpc) is 2.72. The molecule has 2 aliphatic rings. The molecule has 2 aliphatic heterocycles. The Bertz CT molecular complexity index is 544. The van der Waals surface area contributed by atoms with Gasteiger partial charge in [0.25, 0.3) is 0 Å². The number of carbonyl (C=O) groups excluding carboxylic acids is 2. The standard InChI is InChI=1S/C15H18N2O3/c1-17-14(18)8-12(15(17)19)16-9-10-6-7-20-13-5-3-2-4-11(10)13/h2-5,10,12,16H,6-9H2,1H3. The van der Waals surface area contributed by atoms with Crippen LogP contribution in [0.15, 0.2) is 24.3 Å². The van der Waals surface area contributed by atoms with Gasteiger partial charge in [0.2, 0.25) is 11.8 Å². The van der Waals surface area contributed by atoms with Crippen LogP contribution < -0.4 is 10.1 Å². The summed E-state index contributed by atoms with van der Waals surface area (Å²) in [6.45, 7) is 1.39. The lowest BCUT2D eigenvalue weighted by atomic mass is 9.93. The number of benzene rings is 1. The van der Waals surface area contributed by atoms with Crippen molar-refractivity contribution in [1.29, 1.82) is 0 Å². The van der Waals surface area contributed by atoms with Crippen molar-refractivity contribution in [2.45, 2.75) is 24.8 Å². The third-order valence-electron chi connectivity index (χ3n) is 4.07. The number of ether oxygens (including phenoxy) is 1. The van der Waals surface area contributed by atoms with Crippen molar-refractivity contribution in [3.63, 3.8) is 0 Å². The minimum absolute atomic E-state index is 0.111. The van der Waals surface area contributed by atoms with Gasteiger partial charge in [-0.1, -0.05) is 18.2 Å². The van der Waals surface area contributed by atoms with Crippen LogP contribution in [0.1, 0.15) is 24.3 Å². The van der Waals surface area contributed by atoms with E-state index in [1.54, 1.807) is 0 Å². The number of likely N-dealkylation sites (tertiary alicyclic amines) is 1. The molecule has 5 heteroatoms. The highest BCUT2D eigenvalue weighted by atomic mass is 16.5. The molecule has 20 heavy (non-hydrogen) atoms. The predicted octanol–water partition coefficient (Wildman–Crippen LogP) is 0.900. The zero-order valence-electron chi connectivity index (χ0n) is 11.5. The average molecular weight is 274 g/mol. The molecule has 1 saturated heterocycles. The SMILES string of the molecule is CN1C(=O)CC(NCC2CCOc3ccccc32)C1=O. The van der Waals surface area contributed by atoms with E-state index in [4.69, 9.17) is 4.74 Å². The van der Waals surface area contributed by atoms with Crippen molar-refractivity contribution in [2.75, 3.05) is 20.2 Å². The first-order valence-corrected chi connectivity index (χ1v) is 6.92. The number of amides is 2. The van der Waals surface area contributed by atoms with Crippen LogP contribution in [-0.2, 0) is 9.59 Å². The monoisotopic (exact) mass is 274 g/mol. The van der Waals surface area contributed by atoms with Crippen LogP contribution in [0, 0.1) is 0 Å². The fraction of sp³-hybridized carbons (Fsp3) is 0.467. The van der Waals surface area contributed by atoms with Gasteiger partial charge in [0.15, 0.2) is 0 Å². The van der Waals surface area contributed by atoms with Crippen LogP contribution in [0.4, 0.5) is 0 Å². The number of para-hydroxylation sites is 1. The maximum atomic E-state index is 11.9. The minimum atomic E-state index is -0.373. The van der Waals surface area contributed by atoms with E-state index in [0.29, 0.717) is 19.1 Å². The molecule has 3 rings (SSSR count). The van der Waals surface area contributed by atoms with Gasteiger partial charge in [0.05, 0.1) is 19.1 Å². The quantitative estimate of drug-likeness (QED) is 0.832. The minimum Gasteiger partial charge on any atom is -0.493 e. The van der Waals surface area contributed by atoms with Gasteiger partial charge in [-0.25, -0.2) is 0 Å². The molecule has 1 fully saturated rings. The van der Waals surface area contributed by atoms with E-state index in [1.807, 2.05) is 18.2 Å². The maximum Gasteiger partial charge on any atom is 0.246 e. The van der Waals surface area contributed by atoms with Crippen LogP contribution in [0.25, 0.3) is 0 Å². The molecule has 0 bridgehead atoms. The lowest BCUT2D eigenvalue weighted by Crippen LogP contribution is -2.39. The van der Waals surface area contributed by atoms with Gasteiger partial charge in [-0.15, -0.1) is 0 Å². The summed E-state index contributed by atoms with van der Waals surface area (Å²) in [5.74, 6) is 1.01. The van der Waals surface area contributed by atoms with E-state index in [9.17, 15) is 9.59 Å². The number of imide groups is 1. The summed E-state index contributed by atoms with van der Waals surface area (Å²) in [7, 11) is 1.54. The van der Waals surface area contributed by atoms with E-state index in [2.05, 4.69) is 11.4 Å². The van der Waals surface area contributed by atoms with Crippen LogP contribution in [-0.4, -0.2) is 43.0 Å². The molecule has 2 atom stereocenters. The molecule has 106 valence electrons. The van der Waals surface area contributed by atoms with Crippen molar-refractivity contribution in [2.24, 2.45) is 0 Å². The molecule has 1 aromatic rings. The molecule has 2 amide bonds. The van der Waals surface area contributed by atoms with Crippen LogP contribution in [0.3, 0.4) is 0 Å². The third kappa shape index (κ3) is 2.29. The Morgan fingerprint density at radius 3 is 2.90 bits per heavy atom. The Kier molecular flexibility index (Phi) is 3.44. The van der Waals surface area contributed by atoms with E-state index in [-0.39, 0.29) is 24.3 Å². The normalized spacial score (nSPS) is 25.6. The summed E-state index contributed by atoms with van der Waals surface area (Å²) in [6.07, 6.45) is 1.19. The number of fused-ring (bicyclic) bond motifs is 1. The first kappa shape index (κ1) is 13.1. The lowest BCUT2D eigenvalue weighted by Gasteiger charge is -2.26. The van der Waals surface area contributed by atoms with Gasteiger partial charge >= 0.3 is 0 Å². The Hall–Kier alpha value is -1.88. The molecule has 5 nitrogen and oxygen atoms in total. The van der Waals surface area contributed by atoms with Crippen molar-refractivity contribution in [3.05, 3.63) is 29.8 Å². The second-order valence-electron chi connectivity index (χ2n) is 5.33. The van der Waals surface area contributed by atoms with E-state index in [1.165, 1.54) is 17.5 Å². The largest absolute Gasteiger partial charge is 0.493 e. The van der Waals surface area contributed by atoms with Crippen molar-refractivity contribution in [1.82, 2.24) is 10.2 Å². The van der Waals surface area contributed by atoms with Crippen molar-refractivity contribution in [3.8, 4) is 5.75 Å². The fourth-order valence-corrected chi connectivity index (χ4v) is 2.83. The summed E-state index contributed by atoms with van der Waals surface area (Å²) < 4.78 is 5.62. The van der Waals surface area contributed by atoms with Crippen molar-refractivity contribution < 1.29 is 14.3 Å². The zero-order chi connectivity index (χ0) is 14.1. The second kappa shape index (κ2) is 5.25. The highest BCUT2D eigenvalue weighted by Gasteiger charge is 2.36. The molecule has 1 aromatic carbocycles. The highest BCUT2D eigenvalue weighted by molar-refractivity contribution is 6.05.